The topological polar surface area (TPSA) is 41.1 Å². The molecule has 14 heavy (non-hydrogen) atoms. The molecule has 76 valence electrons. The molecule has 0 bridgehead atoms. The summed E-state index contributed by atoms with van der Waals surface area (Å²) in [6, 6.07) is 0. The smallest absolute Gasteiger partial charge is 0.147 e. The number of halogens is 1. The molecule has 1 aliphatic rings. The van der Waals surface area contributed by atoms with Crippen molar-refractivity contribution >= 4 is 21.7 Å². The Balaban J connectivity index is 2.08. The van der Waals surface area contributed by atoms with Crippen LogP contribution in [0.5, 0.6) is 0 Å². The Hall–Kier alpha value is -0.680. The summed E-state index contributed by atoms with van der Waals surface area (Å²) in [5.41, 5.74) is 0. The van der Waals surface area contributed by atoms with Gasteiger partial charge in [0, 0.05) is 19.6 Å². The second-order valence-corrected chi connectivity index (χ2v) is 4.10. The van der Waals surface area contributed by atoms with Crippen molar-refractivity contribution in [1.82, 2.24) is 15.3 Å². The molecule has 2 heterocycles. The lowest BCUT2D eigenvalue weighted by molar-refractivity contribution is 0.724. The Kier molecular flexibility index (Phi) is 3.31. The molecule has 2 rings (SSSR count). The number of hydrogen-bond donors (Lipinski definition) is 1. The Labute approximate surface area is 91.9 Å². The molecule has 0 atom stereocenters. The second kappa shape index (κ2) is 4.70. The van der Waals surface area contributed by atoms with Crippen molar-refractivity contribution in [1.29, 1.82) is 0 Å². The van der Waals surface area contributed by atoms with E-state index in [1.807, 2.05) is 6.20 Å². The van der Waals surface area contributed by atoms with Gasteiger partial charge < -0.3 is 10.2 Å². The highest BCUT2D eigenvalue weighted by Crippen LogP contribution is 2.12. The van der Waals surface area contributed by atoms with E-state index < -0.39 is 0 Å². The quantitative estimate of drug-likeness (QED) is 0.816. The summed E-state index contributed by atoms with van der Waals surface area (Å²) < 4.78 is 0.786. The highest BCUT2D eigenvalue weighted by molar-refractivity contribution is 9.10. The van der Waals surface area contributed by atoms with Gasteiger partial charge in [0.25, 0.3) is 0 Å². The van der Waals surface area contributed by atoms with Crippen molar-refractivity contribution in [3.05, 3.63) is 17.0 Å². The van der Waals surface area contributed by atoms with Gasteiger partial charge in [0.2, 0.25) is 0 Å². The first kappa shape index (κ1) is 9.86. The second-order valence-electron chi connectivity index (χ2n) is 3.29. The van der Waals surface area contributed by atoms with Crippen molar-refractivity contribution in [2.24, 2.45) is 0 Å². The highest BCUT2D eigenvalue weighted by Gasteiger charge is 2.10. The minimum absolute atomic E-state index is 0.786. The van der Waals surface area contributed by atoms with Gasteiger partial charge in [-0.1, -0.05) is 0 Å². The lowest BCUT2D eigenvalue weighted by atomic mass is 10.4. The molecular formula is C9H13BrN4. The third kappa shape index (κ3) is 2.42. The molecule has 1 N–H and O–H groups in total. The third-order valence-corrected chi connectivity index (χ3v) is 2.68. The van der Waals surface area contributed by atoms with Crippen LogP contribution in [0.25, 0.3) is 0 Å². The van der Waals surface area contributed by atoms with E-state index in [-0.39, 0.29) is 0 Å². The molecular weight excluding hydrogens is 244 g/mol. The first-order valence-corrected chi connectivity index (χ1v) is 5.59. The van der Waals surface area contributed by atoms with Gasteiger partial charge in [-0.3, -0.25) is 0 Å². The lowest BCUT2D eigenvalue weighted by Crippen LogP contribution is -2.28. The van der Waals surface area contributed by atoms with Gasteiger partial charge in [-0.05, 0) is 28.9 Å². The maximum absolute atomic E-state index is 4.33. The van der Waals surface area contributed by atoms with Gasteiger partial charge in [0.05, 0.1) is 12.4 Å². The van der Waals surface area contributed by atoms with Crippen molar-refractivity contribution in [3.8, 4) is 0 Å². The van der Waals surface area contributed by atoms with Crippen LogP contribution in [-0.4, -0.2) is 36.1 Å². The zero-order chi connectivity index (χ0) is 9.80. The van der Waals surface area contributed by atoms with Gasteiger partial charge in [-0.25, -0.2) is 9.97 Å². The molecule has 0 radical (unpaired) electrons. The number of anilines is 1. The van der Waals surface area contributed by atoms with Crippen LogP contribution in [0.2, 0.25) is 0 Å². The SMILES string of the molecule is Brc1cnc(N2CCCNCC2)cn1. The Morgan fingerprint density at radius 2 is 2.14 bits per heavy atom. The normalized spacial score (nSPS) is 17.9. The molecule has 1 aromatic rings. The fourth-order valence-electron chi connectivity index (χ4n) is 1.54. The maximum Gasteiger partial charge on any atom is 0.147 e. The molecule has 0 saturated carbocycles. The van der Waals surface area contributed by atoms with Crippen LogP contribution < -0.4 is 10.2 Å². The van der Waals surface area contributed by atoms with E-state index in [9.17, 15) is 0 Å². The number of nitrogens with zero attached hydrogens (tertiary/aromatic N) is 3. The summed E-state index contributed by atoms with van der Waals surface area (Å²) in [4.78, 5) is 10.8. The van der Waals surface area contributed by atoms with Gasteiger partial charge in [0.1, 0.15) is 10.4 Å². The highest BCUT2D eigenvalue weighted by atomic mass is 79.9. The summed E-state index contributed by atoms with van der Waals surface area (Å²) in [6.45, 7) is 4.19. The lowest BCUT2D eigenvalue weighted by Gasteiger charge is -2.20. The van der Waals surface area contributed by atoms with Crippen molar-refractivity contribution in [3.63, 3.8) is 0 Å². The summed E-state index contributed by atoms with van der Waals surface area (Å²) in [5.74, 6) is 0.969. The average molecular weight is 257 g/mol. The zero-order valence-corrected chi connectivity index (χ0v) is 9.50. The van der Waals surface area contributed by atoms with Gasteiger partial charge >= 0.3 is 0 Å². The molecule has 0 aliphatic carbocycles. The Morgan fingerprint density at radius 1 is 1.21 bits per heavy atom. The van der Waals surface area contributed by atoms with Gasteiger partial charge in [-0.15, -0.1) is 0 Å². The third-order valence-electron chi connectivity index (χ3n) is 2.27. The largest absolute Gasteiger partial charge is 0.354 e. The van der Waals surface area contributed by atoms with Crippen molar-refractivity contribution < 1.29 is 0 Å². The zero-order valence-electron chi connectivity index (χ0n) is 7.91. The Morgan fingerprint density at radius 3 is 2.93 bits per heavy atom. The fraction of sp³-hybridized carbons (Fsp3) is 0.556. The first-order valence-electron chi connectivity index (χ1n) is 4.79. The summed E-state index contributed by atoms with van der Waals surface area (Å²) in [7, 11) is 0. The average Bonchev–Trinajstić information content (AvgIpc) is 2.47. The number of aromatic nitrogens is 2. The van der Waals surface area contributed by atoms with Crippen LogP contribution in [0.15, 0.2) is 17.0 Å². The number of nitrogens with one attached hydrogen (secondary N) is 1. The minimum Gasteiger partial charge on any atom is -0.354 e. The predicted molar refractivity (Wildman–Crippen MR) is 59.4 cm³/mol. The van der Waals surface area contributed by atoms with E-state index in [1.165, 1.54) is 0 Å². The van der Waals surface area contributed by atoms with E-state index in [1.54, 1.807) is 6.20 Å². The first-order chi connectivity index (χ1) is 6.86. The maximum atomic E-state index is 4.33. The van der Waals surface area contributed by atoms with E-state index in [0.717, 1.165) is 43.0 Å². The summed E-state index contributed by atoms with van der Waals surface area (Å²) >= 11 is 3.28. The van der Waals surface area contributed by atoms with Crippen LogP contribution in [0, 0.1) is 0 Å². The summed E-state index contributed by atoms with van der Waals surface area (Å²) in [6.07, 6.45) is 4.72. The predicted octanol–water partition coefficient (Wildman–Crippen LogP) is 1.04. The molecule has 4 nitrogen and oxygen atoms in total. The molecule has 0 spiro atoms. The van der Waals surface area contributed by atoms with Crippen molar-refractivity contribution in [2.75, 3.05) is 31.1 Å². The Bertz CT molecular complexity index is 279. The monoisotopic (exact) mass is 256 g/mol. The van der Waals surface area contributed by atoms with E-state index in [0.29, 0.717) is 0 Å². The molecule has 1 aliphatic heterocycles. The van der Waals surface area contributed by atoms with Crippen LogP contribution in [0.4, 0.5) is 5.82 Å². The van der Waals surface area contributed by atoms with Crippen LogP contribution >= 0.6 is 15.9 Å². The van der Waals surface area contributed by atoms with E-state index >= 15 is 0 Å². The molecule has 5 heteroatoms. The van der Waals surface area contributed by atoms with E-state index in [4.69, 9.17) is 0 Å². The van der Waals surface area contributed by atoms with Crippen LogP contribution in [0.3, 0.4) is 0 Å². The molecule has 0 unspecified atom stereocenters. The molecule has 1 aromatic heterocycles. The molecule has 0 amide bonds. The number of rotatable bonds is 1. The standard InChI is InChI=1S/C9H13BrN4/c10-8-6-13-9(7-12-8)14-4-1-2-11-3-5-14/h6-7,11H,1-5H2. The van der Waals surface area contributed by atoms with Crippen LogP contribution in [0.1, 0.15) is 6.42 Å². The van der Waals surface area contributed by atoms with Crippen LogP contribution in [-0.2, 0) is 0 Å². The van der Waals surface area contributed by atoms with E-state index in [2.05, 4.69) is 36.1 Å². The van der Waals surface area contributed by atoms with Crippen molar-refractivity contribution in [2.45, 2.75) is 6.42 Å². The molecule has 1 saturated heterocycles. The fourth-order valence-corrected chi connectivity index (χ4v) is 1.75. The number of hydrogen-bond acceptors (Lipinski definition) is 4. The molecule has 1 fully saturated rings. The summed E-state index contributed by atoms with van der Waals surface area (Å²) in [5, 5.41) is 3.36. The van der Waals surface area contributed by atoms with Gasteiger partial charge in [-0.2, -0.15) is 0 Å². The minimum atomic E-state index is 0.786. The molecule has 0 aromatic carbocycles. The van der Waals surface area contributed by atoms with Gasteiger partial charge in [0.15, 0.2) is 0 Å².